The topological polar surface area (TPSA) is 54.5 Å². The molecule has 1 aliphatic rings. The highest BCUT2D eigenvalue weighted by Crippen LogP contribution is 2.22. The number of piperidine rings is 1. The van der Waals surface area contributed by atoms with Crippen LogP contribution in [0.1, 0.15) is 28.9 Å². The predicted molar refractivity (Wildman–Crippen MR) is 79.0 cm³/mol. The van der Waals surface area contributed by atoms with Gasteiger partial charge in [0.05, 0.1) is 17.9 Å². The molecule has 1 aromatic heterocycles. The zero-order valence-electron chi connectivity index (χ0n) is 12.5. The maximum absolute atomic E-state index is 12.6. The number of carbonyl (C=O) groups excluding carboxylic acids is 1. The van der Waals surface area contributed by atoms with Gasteiger partial charge in [-0.1, -0.05) is 0 Å². The molecule has 20 heavy (non-hydrogen) atoms. The lowest BCUT2D eigenvalue weighted by molar-refractivity contribution is 0.0571. The minimum Gasteiger partial charge on any atom is -0.387 e. The van der Waals surface area contributed by atoms with Crippen molar-refractivity contribution < 1.29 is 9.53 Å². The number of nitrogens with zero attached hydrogens (tertiary/aromatic N) is 2. The van der Waals surface area contributed by atoms with Crippen LogP contribution in [-0.2, 0) is 4.74 Å². The third-order valence-electron chi connectivity index (χ3n) is 3.75. The Morgan fingerprint density at radius 3 is 3.10 bits per heavy atom. The molecule has 1 unspecified atom stereocenters. The lowest BCUT2D eigenvalue weighted by Gasteiger charge is -2.32. The molecule has 110 valence electrons. The van der Waals surface area contributed by atoms with Crippen molar-refractivity contribution in [1.82, 2.24) is 9.88 Å². The van der Waals surface area contributed by atoms with Gasteiger partial charge >= 0.3 is 0 Å². The summed E-state index contributed by atoms with van der Waals surface area (Å²) in [5.41, 5.74) is 2.40. The van der Waals surface area contributed by atoms with Crippen LogP contribution in [0.3, 0.4) is 0 Å². The Morgan fingerprint density at radius 1 is 1.60 bits per heavy atom. The van der Waals surface area contributed by atoms with E-state index in [9.17, 15) is 4.79 Å². The van der Waals surface area contributed by atoms with Crippen LogP contribution in [0.5, 0.6) is 0 Å². The normalized spacial score (nSPS) is 18.9. The van der Waals surface area contributed by atoms with E-state index < -0.39 is 0 Å². The van der Waals surface area contributed by atoms with E-state index in [1.54, 1.807) is 13.3 Å². The number of aromatic nitrogens is 1. The number of nitrogens with one attached hydrogen (secondary N) is 1. The van der Waals surface area contributed by atoms with E-state index in [0.717, 1.165) is 43.9 Å². The number of likely N-dealkylation sites (tertiary alicyclic amines) is 1. The molecule has 0 spiro atoms. The van der Waals surface area contributed by atoms with E-state index in [-0.39, 0.29) is 5.91 Å². The molecule has 1 aromatic rings. The van der Waals surface area contributed by atoms with Crippen LogP contribution in [0.2, 0.25) is 0 Å². The van der Waals surface area contributed by atoms with Crippen LogP contribution in [-0.4, -0.2) is 49.6 Å². The lowest BCUT2D eigenvalue weighted by atomic mass is 9.98. The Labute approximate surface area is 120 Å². The molecule has 2 heterocycles. The highest BCUT2D eigenvalue weighted by molar-refractivity contribution is 5.99. The molecule has 1 fully saturated rings. The van der Waals surface area contributed by atoms with E-state index in [2.05, 4.69) is 10.3 Å². The summed E-state index contributed by atoms with van der Waals surface area (Å²) in [5.74, 6) is 0.497. The first-order valence-corrected chi connectivity index (χ1v) is 7.08. The summed E-state index contributed by atoms with van der Waals surface area (Å²) < 4.78 is 5.21. The van der Waals surface area contributed by atoms with Crippen LogP contribution in [0.4, 0.5) is 5.69 Å². The number of hydrogen-bond acceptors (Lipinski definition) is 4. The second kappa shape index (κ2) is 6.70. The SMILES string of the molecule is CNc1cc(C)ncc1C(=O)N1CCCC(COC)C1. The van der Waals surface area contributed by atoms with Gasteiger partial charge in [-0.05, 0) is 31.7 Å². The summed E-state index contributed by atoms with van der Waals surface area (Å²) in [7, 11) is 3.54. The molecule has 1 amide bonds. The highest BCUT2D eigenvalue weighted by atomic mass is 16.5. The number of hydrogen-bond donors (Lipinski definition) is 1. The van der Waals surface area contributed by atoms with E-state index in [1.807, 2.05) is 24.9 Å². The molecule has 0 radical (unpaired) electrons. The van der Waals surface area contributed by atoms with Crippen molar-refractivity contribution in [2.45, 2.75) is 19.8 Å². The fourth-order valence-electron chi connectivity index (χ4n) is 2.73. The number of rotatable bonds is 4. The second-order valence-corrected chi connectivity index (χ2v) is 5.34. The monoisotopic (exact) mass is 277 g/mol. The van der Waals surface area contributed by atoms with Crippen LogP contribution >= 0.6 is 0 Å². The van der Waals surface area contributed by atoms with Gasteiger partial charge in [-0.15, -0.1) is 0 Å². The summed E-state index contributed by atoms with van der Waals surface area (Å²) in [6.07, 6.45) is 3.83. The summed E-state index contributed by atoms with van der Waals surface area (Å²) in [6, 6.07) is 1.91. The third-order valence-corrected chi connectivity index (χ3v) is 3.75. The Morgan fingerprint density at radius 2 is 2.40 bits per heavy atom. The molecule has 5 nitrogen and oxygen atoms in total. The Kier molecular flexibility index (Phi) is 4.95. The number of carbonyl (C=O) groups is 1. The van der Waals surface area contributed by atoms with Crippen molar-refractivity contribution in [1.29, 1.82) is 0 Å². The van der Waals surface area contributed by atoms with E-state index in [1.165, 1.54) is 0 Å². The highest BCUT2D eigenvalue weighted by Gasteiger charge is 2.25. The van der Waals surface area contributed by atoms with Crippen molar-refractivity contribution in [3.8, 4) is 0 Å². The van der Waals surface area contributed by atoms with Gasteiger partial charge in [0.1, 0.15) is 0 Å². The molecule has 5 heteroatoms. The summed E-state index contributed by atoms with van der Waals surface area (Å²) in [5, 5.41) is 3.08. The molecule has 1 N–H and O–H groups in total. The average molecular weight is 277 g/mol. The van der Waals surface area contributed by atoms with Gasteiger partial charge in [0, 0.05) is 39.1 Å². The summed E-state index contributed by atoms with van der Waals surface area (Å²) in [6.45, 7) is 4.22. The average Bonchev–Trinajstić information content (AvgIpc) is 2.47. The van der Waals surface area contributed by atoms with E-state index in [0.29, 0.717) is 11.5 Å². The molecule has 1 atom stereocenters. The lowest BCUT2D eigenvalue weighted by Crippen LogP contribution is -2.41. The van der Waals surface area contributed by atoms with Crippen molar-refractivity contribution in [3.63, 3.8) is 0 Å². The van der Waals surface area contributed by atoms with Gasteiger partial charge in [0.2, 0.25) is 0 Å². The maximum Gasteiger partial charge on any atom is 0.257 e. The van der Waals surface area contributed by atoms with Crippen LogP contribution in [0.25, 0.3) is 0 Å². The van der Waals surface area contributed by atoms with Gasteiger partial charge in [0.15, 0.2) is 0 Å². The van der Waals surface area contributed by atoms with Crippen LogP contribution in [0.15, 0.2) is 12.3 Å². The van der Waals surface area contributed by atoms with Gasteiger partial charge in [-0.3, -0.25) is 9.78 Å². The molecule has 0 aliphatic carbocycles. The second-order valence-electron chi connectivity index (χ2n) is 5.34. The van der Waals surface area contributed by atoms with E-state index in [4.69, 9.17) is 4.74 Å². The first kappa shape index (κ1) is 14.8. The third kappa shape index (κ3) is 3.28. The molecule has 0 bridgehead atoms. The molecular formula is C15H23N3O2. The van der Waals surface area contributed by atoms with E-state index >= 15 is 0 Å². The van der Waals surface area contributed by atoms with Crippen LogP contribution < -0.4 is 5.32 Å². The fraction of sp³-hybridized carbons (Fsp3) is 0.600. The zero-order valence-corrected chi connectivity index (χ0v) is 12.5. The fourth-order valence-corrected chi connectivity index (χ4v) is 2.73. The Hall–Kier alpha value is -1.62. The molecular weight excluding hydrogens is 254 g/mol. The van der Waals surface area contributed by atoms with Crippen LogP contribution in [0, 0.1) is 12.8 Å². The zero-order chi connectivity index (χ0) is 14.5. The van der Waals surface area contributed by atoms with Crippen molar-refractivity contribution >= 4 is 11.6 Å². The number of aryl methyl sites for hydroxylation is 1. The molecule has 0 aromatic carbocycles. The van der Waals surface area contributed by atoms with Gasteiger partial charge in [-0.2, -0.15) is 0 Å². The number of anilines is 1. The number of amides is 1. The Balaban J connectivity index is 2.14. The predicted octanol–water partition coefficient (Wildman–Crippen LogP) is 1.93. The van der Waals surface area contributed by atoms with Gasteiger partial charge in [-0.25, -0.2) is 0 Å². The van der Waals surface area contributed by atoms with Crippen molar-refractivity contribution in [2.24, 2.45) is 5.92 Å². The standard InChI is InChI=1S/C15H23N3O2/c1-11-7-14(16-2)13(8-17-11)15(19)18-6-4-5-12(9-18)10-20-3/h7-8,12H,4-6,9-10H2,1-3H3,(H,16,17). The minimum absolute atomic E-state index is 0.0580. The van der Waals surface area contributed by atoms with Gasteiger partial charge < -0.3 is 15.0 Å². The smallest absolute Gasteiger partial charge is 0.257 e. The Bertz CT molecular complexity index is 474. The largest absolute Gasteiger partial charge is 0.387 e. The van der Waals surface area contributed by atoms with Crippen molar-refractivity contribution in [3.05, 3.63) is 23.5 Å². The summed E-state index contributed by atoms with van der Waals surface area (Å²) >= 11 is 0. The molecule has 0 saturated carbocycles. The van der Waals surface area contributed by atoms with Crippen molar-refractivity contribution in [2.75, 3.05) is 39.2 Å². The molecule has 2 rings (SSSR count). The molecule has 1 aliphatic heterocycles. The quantitative estimate of drug-likeness (QED) is 0.913. The number of methoxy groups -OCH3 is 1. The summed E-state index contributed by atoms with van der Waals surface area (Å²) in [4.78, 5) is 18.8. The first-order valence-electron chi connectivity index (χ1n) is 7.08. The van der Waals surface area contributed by atoms with Gasteiger partial charge in [0.25, 0.3) is 5.91 Å². The number of pyridine rings is 1. The maximum atomic E-state index is 12.6. The first-order chi connectivity index (χ1) is 9.65. The number of ether oxygens (including phenoxy) is 1. The molecule has 1 saturated heterocycles. The minimum atomic E-state index is 0.0580.